The van der Waals surface area contributed by atoms with Crippen LogP contribution in [-0.2, 0) is 0 Å². The average molecular weight is 351 g/mol. The number of hydrogen-bond acceptors (Lipinski definition) is 2. The van der Waals surface area contributed by atoms with E-state index in [9.17, 15) is 4.79 Å². The molecule has 0 bridgehead atoms. The van der Waals surface area contributed by atoms with E-state index in [1.807, 2.05) is 55.5 Å². The smallest absolute Gasteiger partial charge is 0.273 e. The molecule has 0 fully saturated rings. The van der Waals surface area contributed by atoms with E-state index in [4.69, 9.17) is 11.6 Å². The number of nitrogens with one attached hydrogen (secondary N) is 2. The van der Waals surface area contributed by atoms with Crippen molar-refractivity contribution in [3.05, 3.63) is 77.1 Å². The van der Waals surface area contributed by atoms with Crippen LogP contribution < -0.4 is 5.32 Å². The van der Waals surface area contributed by atoms with Crippen molar-refractivity contribution in [3.8, 4) is 5.69 Å². The summed E-state index contributed by atoms with van der Waals surface area (Å²) in [5.74, 6) is 0.364. The Kier molecular flexibility index (Phi) is 3.78. The minimum atomic E-state index is -0.246. The van der Waals surface area contributed by atoms with Crippen molar-refractivity contribution in [2.24, 2.45) is 0 Å². The number of aromatic amines is 1. The molecule has 1 amide bonds. The summed E-state index contributed by atoms with van der Waals surface area (Å²) in [6.45, 7) is 1.89. The van der Waals surface area contributed by atoms with Crippen LogP contribution in [0.3, 0.4) is 0 Å². The first-order valence-corrected chi connectivity index (χ1v) is 8.20. The molecule has 4 aromatic rings. The van der Waals surface area contributed by atoms with Crippen molar-refractivity contribution in [1.82, 2.24) is 14.8 Å². The minimum absolute atomic E-state index is 0.246. The normalized spacial score (nSPS) is 11.0. The summed E-state index contributed by atoms with van der Waals surface area (Å²) in [6.07, 6.45) is 0. The number of carbonyl (C=O) groups is 1. The molecule has 25 heavy (non-hydrogen) atoms. The molecule has 0 unspecified atom stereocenters. The van der Waals surface area contributed by atoms with E-state index >= 15 is 0 Å². The van der Waals surface area contributed by atoms with Crippen LogP contribution in [0.1, 0.15) is 16.2 Å². The van der Waals surface area contributed by atoms with Crippen molar-refractivity contribution >= 4 is 34.2 Å². The Morgan fingerprint density at radius 3 is 2.68 bits per heavy atom. The van der Waals surface area contributed by atoms with Gasteiger partial charge in [-0.15, -0.1) is 0 Å². The SMILES string of the molecule is Cc1cc(NC(=O)c2cc3cccc(Cl)c3[nH]2)n(-c2ccccc2)n1. The molecule has 0 atom stereocenters. The molecular formula is C19H15ClN4O. The molecule has 2 aromatic heterocycles. The second-order valence-corrected chi connectivity index (χ2v) is 6.17. The van der Waals surface area contributed by atoms with E-state index in [0.29, 0.717) is 16.5 Å². The number of aryl methyl sites for hydroxylation is 1. The van der Waals surface area contributed by atoms with Crippen molar-refractivity contribution < 1.29 is 4.79 Å². The number of aromatic nitrogens is 3. The van der Waals surface area contributed by atoms with Crippen molar-refractivity contribution in [3.63, 3.8) is 0 Å². The third kappa shape index (κ3) is 2.90. The van der Waals surface area contributed by atoms with Crippen LogP contribution in [0.5, 0.6) is 0 Å². The van der Waals surface area contributed by atoms with Crippen LogP contribution in [0, 0.1) is 6.92 Å². The fraction of sp³-hybridized carbons (Fsp3) is 0.0526. The van der Waals surface area contributed by atoms with Crippen LogP contribution >= 0.6 is 11.6 Å². The van der Waals surface area contributed by atoms with Crippen LogP contribution in [0.25, 0.3) is 16.6 Å². The van der Waals surface area contributed by atoms with Gasteiger partial charge in [0.05, 0.1) is 21.9 Å². The van der Waals surface area contributed by atoms with Crippen molar-refractivity contribution in [1.29, 1.82) is 0 Å². The van der Waals surface area contributed by atoms with Crippen molar-refractivity contribution in [2.45, 2.75) is 6.92 Å². The Hall–Kier alpha value is -3.05. The lowest BCUT2D eigenvalue weighted by atomic mass is 10.2. The lowest BCUT2D eigenvalue weighted by Gasteiger charge is -2.08. The molecule has 0 radical (unpaired) electrons. The highest BCUT2D eigenvalue weighted by molar-refractivity contribution is 6.35. The van der Waals surface area contributed by atoms with Crippen LogP contribution in [0.15, 0.2) is 60.7 Å². The summed E-state index contributed by atoms with van der Waals surface area (Å²) < 4.78 is 1.71. The first-order chi connectivity index (χ1) is 12.1. The molecule has 5 nitrogen and oxygen atoms in total. The fourth-order valence-corrected chi connectivity index (χ4v) is 3.01. The maximum atomic E-state index is 12.7. The zero-order valence-corrected chi connectivity index (χ0v) is 14.2. The number of fused-ring (bicyclic) bond motifs is 1. The summed E-state index contributed by atoms with van der Waals surface area (Å²) >= 11 is 6.17. The number of para-hydroxylation sites is 2. The van der Waals surface area contributed by atoms with Gasteiger partial charge in [-0.05, 0) is 31.2 Å². The number of anilines is 1. The lowest BCUT2D eigenvalue weighted by molar-refractivity contribution is 0.102. The second-order valence-electron chi connectivity index (χ2n) is 5.76. The van der Waals surface area contributed by atoms with E-state index in [1.165, 1.54) is 0 Å². The number of benzene rings is 2. The van der Waals surface area contributed by atoms with Gasteiger partial charge in [0.1, 0.15) is 11.5 Å². The molecule has 2 N–H and O–H groups in total. The van der Waals surface area contributed by atoms with Crippen molar-refractivity contribution in [2.75, 3.05) is 5.32 Å². The summed E-state index contributed by atoms with van der Waals surface area (Å²) in [7, 11) is 0. The van der Waals surface area contributed by atoms with Gasteiger partial charge in [-0.25, -0.2) is 4.68 Å². The van der Waals surface area contributed by atoms with Gasteiger partial charge < -0.3 is 10.3 Å². The molecular weight excluding hydrogens is 336 g/mol. The molecule has 4 rings (SSSR count). The fourth-order valence-electron chi connectivity index (χ4n) is 2.78. The Morgan fingerprint density at radius 1 is 1.12 bits per heavy atom. The van der Waals surface area contributed by atoms with Gasteiger partial charge >= 0.3 is 0 Å². The van der Waals surface area contributed by atoms with E-state index in [-0.39, 0.29) is 5.91 Å². The summed E-state index contributed by atoms with van der Waals surface area (Å²) in [5.41, 5.74) is 2.90. The molecule has 2 aromatic carbocycles. The quantitative estimate of drug-likeness (QED) is 0.568. The van der Waals surface area contributed by atoms with Gasteiger partial charge in [0.25, 0.3) is 5.91 Å². The van der Waals surface area contributed by atoms with E-state index < -0.39 is 0 Å². The van der Waals surface area contributed by atoms with E-state index in [1.54, 1.807) is 16.8 Å². The number of hydrogen-bond donors (Lipinski definition) is 2. The van der Waals surface area contributed by atoms with Gasteiger partial charge in [0.15, 0.2) is 0 Å². The Morgan fingerprint density at radius 2 is 1.92 bits per heavy atom. The van der Waals surface area contributed by atoms with E-state index in [2.05, 4.69) is 15.4 Å². The zero-order chi connectivity index (χ0) is 17.4. The second kappa shape index (κ2) is 6.11. The molecule has 6 heteroatoms. The number of carbonyl (C=O) groups excluding carboxylic acids is 1. The molecule has 0 aliphatic carbocycles. The average Bonchev–Trinajstić information content (AvgIpc) is 3.20. The number of rotatable bonds is 3. The first kappa shape index (κ1) is 15.5. The highest BCUT2D eigenvalue weighted by atomic mass is 35.5. The summed E-state index contributed by atoms with van der Waals surface area (Å²) in [6, 6.07) is 18.8. The molecule has 2 heterocycles. The zero-order valence-electron chi connectivity index (χ0n) is 13.5. The van der Waals surface area contributed by atoms with Gasteiger partial charge in [0.2, 0.25) is 0 Å². The predicted octanol–water partition coefficient (Wildman–Crippen LogP) is 4.57. The maximum Gasteiger partial charge on any atom is 0.273 e. The van der Waals surface area contributed by atoms with Gasteiger partial charge in [-0.1, -0.05) is 41.9 Å². The molecule has 0 saturated carbocycles. The molecule has 0 aliphatic heterocycles. The Labute approximate surface area is 149 Å². The minimum Gasteiger partial charge on any atom is -0.349 e. The van der Waals surface area contributed by atoms with Gasteiger partial charge in [-0.3, -0.25) is 4.79 Å². The summed E-state index contributed by atoms with van der Waals surface area (Å²) in [4.78, 5) is 15.7. The number of H-pyrrole nitrogens is 1. The lowest BCUT2D eigenvalue weighted by Crippen LogP contribution is -2.15. The molecule has 124 valence electrons. The maximum absolute atomic E-state index is 12.7. The largest absolute Gasteiger partial charge is 0.349 e. The van der Waals surface area contributed by atoms with Crippen LogP contribution in [0.4, 0.5) is 5.82 Å². The Balaban J connectivity index is 1.68. The number of amides is 1. The van der Waals surface area contributed by atoms with Gasteiger partial charge in [-0.2, -0.15) is 5.10 Å². The Bertz CT molecular complexity index is 1070. The summed E-state index contributed by atoms with van der Waals surface area (Å²) in [5, 5.41) is 8.85. The standard InChI is InChI=1S/C19H15ClN4O/c1-12-10-17(24(23-12)14-7-3-2-4-8-14)22-19(25)16-11-13-6-5-9-15(20)18(13)21-16/h2-11,21H,1H3,(H,22,25). The highest BCUT2D eigenvalue weighted by Gasteiger charge is 2.15. The molecule has 0 saturated heterocycles. The first-order valence-electron chi connectivity index (χ1n) is 7.82. The van der Waals surface area contributed by atoms with E-state index in [0.717, 1.165) is 22.3 Å². The van der Waals surface area contributed by atoms with Crippen LogP contribution in [0.2, 0.25) is 5.02 Å². The number of nitrogens with zero attached hydrogens (tertiary/aromatic N) is 2. The van der Waals surface area contributed by atoms with Gasteiger partial charge in [0, 0.05) is 11.5 Å². The monoisotopic (exact) mass is 350 g/mol. The highest BCUT2D eigenvalue weighted by Crippen LogP contribution is 2.24. The number of halogens is 1. The predicted molar refractivity (Wildman–Crippen MR) is 99.6 cm³/mol. The topological polar surface area (TPSA) is 62.7 Å². The molecule has 0 aliphatic rings. The third-order valence-electron chi connectivity index (χ3n) is 3.92. The third-order valence-corrected chi connectivity index (χ3v) is 4.24. The molecule has 0 spiro atoms. The van der Waals surface area contributed by atoms with Crippen LogP contribution in [-0.4, -0.2) is 20.7 Å².